The summed E-state index contributed by atoms with van der Waals surface area (Å²) >= 11 is 1.66. The Kier molecular flexibility index (Phi) is 3.29. The maximum absolute atomic E-state index is 9.77. The largest absolute Gasteiger partial charge is 0.388 e. The van der Waals surface area contributed by atoms with Gasteiger partial charge in [0.15, 0.2) is 0 Å². The van der Waals surface area contributed by atoms with Crippen molar-refractivity contribution in [2.75, 3.05) is 0 Å². The predicted molar refractivity (Wildman–Crippen MR) is 53.5 cm³/mol. The van der Waals surface area contributed by atoms with Crippen molar-refractivity contribution in [3.8, 4) is 0 Å². The number of rotatable bonds is 3. The minimum atomic E-state index is -0.267. The van der Waals surface area contributed by atoms with E-state index in [-0.39, 0.29) is 6.10 Å². The van der Waals surface area contributed by atoms with Crippen LogP contribution in [0.2, 0.25) is 0 Å². The van der Waals surface area contributed by atoms with Gasteiger partial charge in [-0.2, -0.15) is 11.3 Å². The summed E-state index contributed by atoms with van der Waals surface area (Å²) in [5.41, 5.74) is 2.32. The summed E-state index contributed by atoms with van der Waals surface area (Å²) in [5, 5.41) is 13.9. The molecule has 0 aliphatic carbocycles. The summed E-state index contributed by atoms with van der Waals surface area (Å²) in [4.78, 5) is 0. The van der Waals surface area contributed by atoms with Crippen LogP contribution in [-0.4, -0.2) is 5.11 Å². The molecule has 0 saturated carbocycles. The number of hydrogen-bond donors (Lipinski definition) is 1. The highest BCUT2D eigenvalue weighted by Crippen LogP contribution is 2.26. The fourth-order valence-corrected chi connectivity index (χ4v) is 2.18. The van der Waals surface area contributed by atoms with E-state index in [4.69, 9.17) is 0 Å². The third kappa shape index (κ3) is 2.32. The van der Waals surface area contributed by atoms with Crippen LogP contribution < -0.4 is 0 Å². The SMILES string of the molecule is Cc1cscc1C(O)CC(C)C. The van der Waals surface area contributed by atoms with Crippen molar-refractivity contribution in [2.24, 2.45) is 5.92 Å². The van der Waals surface area contributed by atoms with Crippen LogP contribution in [0.3, 0.4) is 0 Å². The first kappa shape index (κ1) is 9.75. The van der Waals surface area contributed by atoms with Gasteiger partial charge in [0.2, 0.25) is 0 Å². The third-order valence-corrected chi connectivity index (χ3v) is 2.83. The average molecular weight is 184 g/mol. The molecule has 0 amide bonds. The molecule has 0 radical (unpaired) electrons. The van der Waals surface area contributed by atoms with Crippen LogP contribution in [0.15, 0.2) is 10.8 Å². The summed E-state index contributed by atoms with van der Waals surface area (Å²) in [6.45, 7) is 6.31. The van der Waals surface area contributed by atoms with Gasteiger partial charge in [0.1, 0.15) is 0 Å². The van der Waals surface area contributed by atoms with Gasteiger partial charge in [-0.1, -0.05) is 13.8 Å². The molecule has 0 saturated heterocycles. The van der Waals surface area contributed by atoms with E-state index in [1.54, 1.807) is 11.3 Å². The number of aliphatic hydroxyl groups excluding tert-OH is 1. The summed E-state index contributed by atoms with van der Waals surface area (Å²) in [6, 6.07) is 0. The van der Waals surface area contributed by atoms with Crippen LogP contribution in [-0.2, 0) is 0 Å². The average Bonchev–Trinajstić information content (AvgIpc) is 2.33. The minimum Gasteiger partial charge on any atom is -0.388 e. The normalized spacial score (nSPS) is 13.8. The zero-order chi connectivity index (χ0) is 9.14. The smallest absolute Gasteiger partial charge is 0.0803 e. The third-order valence-electron chi connectivity index (χ3n) is 1.95. The molecule has 0 aliphatic heterocycles. The lowest BCUT2D eigenvalue weighted by molar-refractivity contribution is 0.151. The van der Waals surface area contributed by atoms with Crippen LogP contribution in [0.1, 0.15) is 37.5 Å². The van der Waals surface area contributed by atoms with Crippen molar-refractivity contribution in [1.29, 1.82) is 0 Å². The predicted octanol–water partition coefficient (Wildman–Crippen LogP) is 3.14. The van der Waals surface area contributed by atoms with Crippen LogP contribution in [0.4, 0.5) is 0 Å². The monoisotopic (exact) mass is 184 g/mol. The van der Waals surface area contributed by atoms with Crippen molar-refractivity contribution in [3.63, 3.8) is 0 Å². The van der Waals surface area contributed by atoms with Crippen molar-refractivity contribution >= 4 is 11.3 Å². The molecular formula is C10H16OS. The van der Waals surface area contributed by atoms with E-state index in [1.165, 1.54) is 5.56 Å². The lowest BCUT2D eigenvalue weighted by Crippen LogP contribution is -2.01. The Balaban J connectivity index is 2.65. The van der Waals surface area contributed by atoms with Gasteiger partial charge in [0, 0.05) is 0 Å². The number of aliphatic hydroxyl groups is 1. The zero-order valence-electron chi connectivity index (χ0n) is 7.87. The number of hydrogen-bond acceptors (Lipinski definition) is 2. The molecule has 68 valence electrons. The Morgan fingerprint density at radius 3 is 2.50 bits per heavy atom. The molecule has 1 aromatic heterocycles. The van der Waals surface area contributed by atoms with E-state index in [0.29, 0.717) is 5.92 Å². The van der Waals surface area contributed by atoms with Gasteiger partial charge in [0.25, 0.3) is 0 Å². The maximum Gasteiger partial charge on any atom is 0.0803 e. The molecule has 1 heterocycles. The van der Waals surface area contributed by atoms with Crippen molar-refractivity contribution in [2.45, 2.75) is 33.3 Å². The van der Waals surface area contributed by atoms with E-state index in [2.05, 4.69) is 26.2 Å². The fourth-order valence-electron chi connectivity index (χ4n) is 1.29. The molecule has 2 heteroatoms. The highest BCUT2D eigenvalue weighted by molar-refractivity contribution is 7.08. The Hall–Kier alpha value is -0.340. The van der Waals surface area contributed by atoms with E-state index < -0.39 is 0 Å². The van der Waals surface area contributed by atoms with Gasteiger partial charge >= 0.3 is 0 Å². The molecule has 1 rings (SSSR count). The van der Waals surface area contributed by atoms with Gasteiger partial charge in [-0.05, 0) is 41.1 Å². The molecule has 0 fully saturated rings. The van der Waals surface area contributed by atoms with Crippen molar-refractivity contribution in [3.05, 3.63) is 21.9 Å². The molecule has 1 atom stereocenters. The fraction of sp³-hybridized carbons (Fsp3) is 0.600. The van der Waals surface area contributed by atoms with Gasteiger partial charge in [-0.15, -0.1) is 0 Å². The van der Waals surface area contributed by atoms with Gasteiger partial charge < -0.3 is 5.11 Å². The molecular weight excluding hydrogens is 168 g/mol. The standard InChI is InChI=1S/C10H16OS/c1-7(2)4-10(11)9-6-12-5-8(9)3/h5-7,10-11H,4H2,1-3H3. The first-order valence-corrected chi connectivity index (χ1v) is 5.26. The molecule has 1 unspecified atom stereocenters. The van der Waals surface area contributed by atoms with Gasteiger partial charge in [-0.25, -0.2) is 0 Å². The first-order chi connectivity index (χ1) is 5.61. The molecule has 1 aromatic rings. The Morgan fingerprint density at radius 1 is 1.42 bits per heavy atom. The first-order valence-electron chi connectivity index (χ1n) is 4.32. The topological polar surface area (TPSA) is 20.2 Å². The second-order valence-electron chi connectivity index (χ2n) is 3.66. The molecule has 0 bridgehead atoms. The van der Waals surface area contributed by atoms with Crippen molar-refractivity contribution < 1.29 is 5.11 Å². The Bertz CT molecular complexity index is 240. The summed E-state index contributed by atoms with van der Waals surface area (Å²) in [6.07, 6.45) is 0.591. The highest BCUT2D eigenvalue weighted by atomic mass is 32.1. The summed E-state index contributed by atoms with van der Waals surface area (Å²) in [5.74, 6) is 0.555. The quantitative estimate of drug-likeness (QED) is 0.765. The zero-order valence-corrected chi connectivity index (χ0v) is 8.69. The van der Waals surface area contributed by atoms with Gasteiger partial charge in [-0.3, -0.25) is 0 Å². The Labute approximate surface area is 78.1 Å². The van der Waals surface area contributed by atoms with E-state index in [0.717, 1.165) is 12.0 Å². The highest BCUT2D eigenvalue weighted by Gasteiger charge is 2.12. The van der Waals surface area contributed by atoms with E-state index >= 15 is 0 Å². The van der Waals surface area contributed by atoms with E-state index in [1.807, 2.05) is 5.38 Å². The van der Waals surface area contributed by atoms with Crippen LogP contribution in [0.25, 0.3) is 0 Å². The number of aryl methyl sites for hydroxylation is 1. The molecule has 1 N–H and O–H groups in total. The second kappa shape index (κ2) is 4.06. The van der Waals surface area contributed by atoms with Crippen LogP contribution >= 0.6 is 11.3 Å². The van der Waals surface area contributed by atoms with Crippen LogP contribution in [0.5, 0.6) is 0 Å². The summed E-state index contributed by atoms with van der Waals surface area (Å²) in [7, 11) is 0. The second-order valence-corrected chi connectivity index (χ2v) is 4.40. The molecule has 0 spiro atoms. The molecule has 12 heavy (non-hydrogen) atoms. The van der Waals surface area contributed by atoms with Gasteiger partial charge in [0.05, 0.1) is 6.10 Å². The minimum absolute atomic E-state index is 0.267. The molecule has 1 nitrogen and oxygen atoms in total. The Morgan fingerprint density at radius 2 is 2.08 bits per heavy atom. The molecule has 0 aliphatic rings. The molecule has 0 aromatic carbocycles. The van der Waals surface area contributed by atoms with Crippen LogP contribution in [0, 0.1) is 12.8 Å². The van der Waals surface area contributed by atoms with E-state index in [9.17, 15) is 5.11 Å². The maximum atomic E-state index is 9.77. The lowest BCUT2D eigenvalue weighted by Gasteiger charge is -2.12. The number of thiophene rings is 1. The summed E-state index contributed by atoms with van der Waals surface area (Å²) < 4.78 is 0. The van der Waals surface area contributed by atoms with Crippen molar-refractivity contribution in [1.82, 2.24) is 0 Å². The lowest BCUT2D eigenvalue weighted by atomic mass is 10.00.